The topological polar surface area (TPSA) is 87.7 Å². The van der Waals surface area contributed by atoms with Gasteiger partial charge in [0.1, 0.15) is 17.7 Å². The van der Waals surface area contributed by atoms with E-state index in [4.69, 9.17) is 4.74 Å². The molecule has 0 saturated carbocycles. The molecule has 0 aromatic heterocycles. The first-order valence-electron chi connectivity index (χ1n) is 13.9. The molecule has 4 unspecified atom stereocenters. The maximum atomic E-state index is 14.3. The summed E-state index contributed by atoms with van der Waals surface area (Å²) in [5.41, 5.74) is 2.16. The van der Waals surface area contributed by atoms with E-state index in [1.54, 1.807) is 25.7 Å². The minimum absolute atomic E-state index is 0.154. The van der Waals surface area contributed by atoms with E-state index in [1.807, 2.05) is 59.7 Å². The Morgan fingerprint density at radius 2 is 1.65 bits per heavy atom. The standard InChI is InChI=1S/C30H51N3O4/c1-11-14-15-19-31-27(34)26(24-18-16-17-21(5)23(24)7)33(22(6)13-3)28(35)25(20(4)12-2)32-29(36)37-30(8,9)10/h16-18,20,22,25-26H,11-15,19H2,1-10H3,(H,31,34)(H,32,36). The van der Waals surface area contributed by atoms with E-state index in [0.29, 0.717) is 19.4 Å². The Bertz CT molecular complexity index is 893. The molecule has 3 amide bonds. The number of unbranched alkanes of at least 4 members (excludes halogenated alkanes) is 2. The Kier molecular flexibility index (Phi) is 13.2. The highest BCUT2D eigenvalue weighted by Crippen LogP contribution is 2.31. The number of hydrogen-bond donors (Lipinski definition) is 2. The van der Waals surface area contributed by atoms with E-state index < -0.39 is 23.8 Å². The lowest BCUT2D eigenvalue weighted by molar-refractivity contribution is -0.146. The lowest BCUT2D eigenvalue weighted by Gasteiger charge is -2.40. The summed E-state index contributed by atoms with van der Waals surface area (Å²) in [7, 11) is 0. The van der Waals surface area contributed by atoms with Crippen molar-refractivity contribution in [3.8, 4) is 0 Å². The Morgan fingerprint density at radius 3 is 2.19 bits per heavy atom. The molecule has 7 heteroatoms. The van der Waals surface area contributed by atoms with Crippen LogP contribution in [0.15, 0.2) is 18.2 Å². The van der Waals surface area contributed by atoms with Crippen molar-refractivity contribution in [2.24, 2.45) is 5.92 Å². The number of nitrogens with one attached hydrogen (secondary N) is 2. The summed E-state index contributed by atoms with van der Waals surface area (Å²) in [5, 5.41) is 5.92. The number of carbonyl (C=O) groups excluding carboxylic acids is 3. The molecule has 2 N–H and O–H groups in total. The molecule has 0 aliphatic heterocycles. The second kappa shape index (κ2) is 15.0. The summed E-state index contributed by atoms with van der Waals surface area (Å²) in [6, 6.07) is 4.01. The fraction of sp³-hybridized carbons (Fsp3) is 0.700. The molecular weight excluding hydrogens is 466 g/mol. The summed E-state index contributed by atoms with van der Waals surface area (Å²) < 4.78 is 5.48. The third-order valence-electron chi connectivity index (χ3n) is 7.02. The summed E-state index contributed by atoms with van der Waals surface area (Å²) in [4.78, 5) is 42.5. The third kappa shape index (κ3) is 9.67. The normalized spacial score (nSPS) is 14.8. The molecule has 0 heterocycles. The van der Waals surface area contributed by atoms with Gasteiger partial charge in [0.2, 0.25) is 11.8 Å². The number of alkyl carbamates (subject to hydrolysis) is 1. The lowest BCUT2D eigenvalue weighted by atomic mass is 9.91. The van der Waals surface area contributed by atoms with Crippen LogP contribution in [0.3, 0.4) is 0 Å². The molecule has 1 aromatic carbocycles. The van der Waals surface area contributed by atoms with Gasteiger partial charge in [-0.1, -0.05) is 65.2 Å². The van der Waals surface area contributed by atoms with Crippen LogP contribution in [0, 0.1) is 19.8 Å². The smallest absolute Gasteiger partial charge is 0.408 e. The van der Waals surface area contributed by atoms with Crippen LogP contribution in [-0.4, -0.2) is 47.0 Å². The van der Waals surface area contributed by atoms with Crippen molar-refractivity contribution >= 4 is 17.9 Å². The second-order valence-corrected chi connectivity index (χ2v) is 11.2. The number of hydrogen-bond acceptors (Lipinski definition) is 4. The van der Waals surface area contributed by atoms with Crippen molar-refractivity contribution in [3.63, 3.8) is 0 Å². The highest BCUT2D eigenvalue weighted by Gasteiger charge is 2.40. The molecule has 0 spiro atoms. The number of amides is 3. The summed E-state index contributed by atoms with van der Waals surface area (Å²) in [6.45, 7) is 19.9. The third-order valence-corrected chi connectivity index (χ3v) is 7.02. The van der Waals surface area contributed by atoms with E-state index in [9.17, 15) is 14.4 Å². The van der Waals surface area contributed by atoms with Crippen molar-refractivity contribution < 1.29 is 19.1 Å². The maximum Gasteiger partial charge on any atom is 0.408 e. The minimum atomic E-state index is -0.825. The molecule has 0 bridgehead atoms. The molecule has 0 aliphatic carbocycles. The average Bonchev–Trinajstić information content (AvgIpc) is 2.83. The van der Waals surface area contributed by atoms with Gasteiger partial charge in [-0.15, -0.1) is 0 Å². The molecule has 0 saturated heterocycles. The van der Waals surface area contributed by atoms with Crippen LogP contribution in [0.2, 0.25) is 0 Å². The largest absolute Gasteiger partial charge is 0.444 e. The van der Waals surface area contributed by atoms with Crippen LogP contribution in [0.1, 0.15) is 110 Å². The number of rotatable bonds is 13. The molecule has 0 aliphatic rings. The SMILES string of the molecule is CCCCCNC(=O)C(c1cccc(C)c1C)N(C(=O)C(NC(=O)OC(C)(C)C)C(C)CC)C(C)CC. The second-order valence-electron chi connectivity index (χ2n) is 11.2. The fourth-order valence-electron chi connectivity index (χ4n) is 4.24. The Hall–Kier alpha value is -2.57. The van der Waals surface area contributed by atoms with Crippen LogP contribution in [0.5, 0.6) is 0 Å². The van der Waals surface area contributed by atoms with Crippen LogP contribution >= 0.6 is 0 Å². The van der Waals surface area contributed by atoms with Crippen molar-refractivity contribution in [1.82, 2.24) is 15.5 Å². The first kappa shape index (κ1) is 32.5. The summed E-state index contributed by atoms with van der Waals surface area (Å²) in [5.74, 6) is -0.624. The van der Waals surface area contributed by atoms with Crippen molar-refractivity contribution in [2.45, 2.75) is 125 Å². The molecule has 4 atom stereocenters. The van der Waals surface area contributed by atoms with E-state index in [2.05, 4.69) is 17.6 Å². The minimum Gasteiger partial charge on any atom is -0.444 e. The molecule has 1 rings (SSSR count). The van der Waals surface area contributed by atoms with Crippen LogP contribution in [0.4, 0.5) is 4.79 Å². The van der Waals surface area contributed by atoms with Crippen LogP contribution in [-0.2, 0) is 14.3 Å². The monoisotopic (exact) mass is 517 g/mol. The number of aryl methyl sites for hydroxylation is 1. The Morgan fingerprint density at radius 1 is 1.00 bits per heavy atom. The van der Waals surface area contributed by atoms with Gasteiger partial charge in [0.05, 0.1) is 0 Å². The number of nitrogens with zero attached hydrogens (tertiary/aromatic N) is 1. The molecular formula is C30H51N3O4. The van der Waals surface area contributed by atoms with Crippen LogP contribution < -0.4 is 10.6 Å². The van der Waals surface area contributed by atoms with E-state index in [0.717, 1.165) is 36.0 Å². The fourth-order valence-corrected chi connectivity index (χ4v) is 4.24. The molecule has 37 heavy (non-hydrogen) atoms. The van der Waals surface area contributed by atoms with Gasteiger partial charge in [0.25, 0.3) is 0 Å². The first-order valence-corrected chi connectivity index (χ1v) is 13.9. The van der Waals surface area contributed by atoms with Crippen molar-refractivity contribution in [2.75, 3.05) is 6.54 Å². The zero-order chi connectivity index (χ0) is 28.3. The first-order chi connectivity index (χ1) is 17.3. The van der Waals surface area contributed by atoms with E-state index >= 15 is 0 Å². The number of ether oxygens (including phenoxy) is 1. The van der Waals surface area contributed by atoms with Gasteiger partial charge >= 0.3 is 6.09 Å². The van der Waals surface area contributed by atoms with Gasteiger partial charge in [0.15, 0.2) is 0 Å². The summed E-state index contributed by atoms with van der Waals surface area (Å²) >= 11 is 0. The Balaban J connectivity index is 3.57. The van der Waals surface area contributed by atoms with Gasteiger partial charge in [-0.3, -0.25) is 9.59 Å². The predicted octanol–water partition coefficient (Wildman–Crippen LogP) is 6.22. The zero-order valence-corrected chi connectivity index (χ0v) is 24.9. The predicted molar refractivity (Wildman–Crippen MR) is 150 cm³/mol. The molecule has 7 nitrogen and oxygen atoms in total. The van der Waals surface area contributed by atoms with E-state index in [-0.39, 0.29) is 23.8 Å². The molecule has 1 aromatic rings. The zero-order valence-electron chi connectivity index (χ0n) is 24.9. The van der Waals surface area contributed by atoms with Gasteiger partial charge in [-0.25, -0.2) is 4.79 Å². The average molecular weight is 518 g/mol. The molecule has 210 valence electrons. The highest BCUT2D eigenvalue weighted by molar-refractivity contribution is 5.92. The highest BCUT2D eigenvalue weighted by atomic mass is 16.6. The lowest BCUT2D eigenvalue weighted by Crippen LogP contribution is -2.57. The quantitative estimate of drug-likeness (QED) is 0.304. The van der Waals surface area contributed by atoms with Gasteiger partial charge in [-0.05, 0) is 77.0 Å². The number of benzene rings is 1. The molecule has 0 radical (unpaired) electrons. The van der Waals surface area contributed by atoms with Gasteiger partial charge < -0.3 is 20.3 Å². The summed E-state index contributed by atoms with van der Waals surface area (Å²) in [6.07, 6.45) is 3.67. The van der Waals surface area contributed by atoms with Gasteiger partial charge in [-0.2, -0.15) is 0 Å². The molecule has 0 fully saturated rings. The number of carbonyl (C=O) groups is 3. The van der Waals surface area contributed by atoms with E-state index in [1.165, 1.54) is 0 Å². The van der Waals surface area contributed by atoms with Crippen molar-refractivity contribution in [1.29, 1.82) is 0 Å². The van der Waals surface area contributed by atoms with Crippen LogP contribution in [0.25, 0.3) is 0 Å². The van der Waals surface area contributed by atoms with Crippen molar-refractivity contribution in [3.05, 3.63) is 34.9 Å². The van der Waals surface area contributed by atoms with Gasteiger partial charge in [0, 0.05) is 12.6 Å². The maximum absolute atomic E-state index is 14.3. The Labute approximate surface area is 225 Å².